The van der Waals surface area contributed by atoms with Gasteiger partial charge in [-0.1, -0.05) is 154 Å². The molecule has 0 unspecified atom stereocenters. The molecule has 0 aromatic rings. The van der Waals surface area contributed by atoms with Crippen LogP contribution in [0, 0.1) is 0 Å². The van der Waals surface area contributed by atoms with Crippen molar-refractivity contribution in [2.75, 3.05) is 13.1 Å². The zero-order valence-corrected chi connectivity index (χ0v) is 24.8. The van der Waals surface area contributed by atoms with Crippen molar-refractivity contribution >= 4 is 12.1 Å². The summed E-state index contributed by atoms with van der Waals surface area (Å²) in [6.07, 6.45) is 34.3. The van der Waals surface area contributed by atoms with Crippen molar-refractivity contribution in [3.63, 3.8) is 0 Å². The maximum Gasteiger partial charge on any atom is 0.328 e. The first-order valence-electron chi connectivity index (χ1n) is 16.1. The van der Waals surface area contributed by atoms with E-state index in [1.807, 2.05) is 0 Å². The first kappa shape index (κ1) is 36.5. The van der Waals surface area contributed by atoms with Crippen LogP contribution in [0.25, 0.3) is 0 Å². The lowest BCUT2D eigenvalue weighted by molar-refractivity contribution is 0.207. The molecule has 0 spiro atoms. The van der Waals surface area contributed by atoms with Gasteiger partial charge in [-0.2, -0.15) is 0 Å². The lowest BCUT2D eigenvalue weighted by Gasteiger charge is -2.12. The summed E-state index contributed by atoms with van der Waals surface area (Å²) >= 11 is 0. The highest BCUT2D eigenvalue weighted by Crippen LogP contribution is 2.16. The first-order chi connectivity index (χ1) is 18.4. The molecule has 226 valence electrons. The Kier molecular flexibility index (Phi) is 27.3. The van der Waals surface area contributed by atoms with Gasteiger partial charge in [0.1, 0.15) is 0 Å². The van der Waals surface area contributed by atoms with Crippen LogP contribution in [0.1, 0.15) is 167 Å². The molecule has 4 amide bonds. The Hall–Kier alpha value is -1.54. The van der Waals surface area contributed by atoms with Crippen LogP contribution < -0.4 is 23.2 Å². The largest absolute Gasteiger partial charge is 0.350 e. The van der Waals surface area contributed by atoms with Crippen molar-refractivity contribution in [2.45, 2.75) is 167 Å². The molecule has 8 N–H and O–H groups in total. The van der Waals surface area contributed by atoms with Crippen molar-refractivity contribution in [1.29, 1.82) is 0 Å². The van der Waals surface area contributed by atoms with E-state index in [1.54, 1.807) is 0 Å². The van der Waals surface area contributed by atoms with E-state index in [-0.39, 0.29) is 0 Å². The van der Waals surface area contributed by atoms with Crippen molar-refractivity contribution in [3.05, 3.63) is 0 Å². The maximum atomic E-state index is 10.8. The van der Waals surface area contributed by atoms with Crippen LogP contribution in [0.4, 0.5) is 9.59 Å². The molecule has 0 saturated heterocycles. The van der Waals surface area contributed by atoms with Gasteiger partial charge in [0.05, 0.1) is 0 Å². The van der Waals surface area contributed by atoms with Crippen LogP contribution in [0.5, 0.6) is 0 Å². The third kappa shape index (κ3) is 27.5. The van der Waals surface area contributed by atoms with Gasteiger partial charge in [-0.3, -0.25) is 10.0 Å². The zero-order chi connectivity index (χ0) is 28.1. The van der Waals surface area contributed by atoms with Gasteiger partial charge in [0.25, 0.3) is 0 Å². The van der Waals surface area contributed by atoms with Gasteiger partial charge >= 0.3 is 12.1 Å². The maximum absolute atomic E-state index is 10.8. The number of urea groups is 2. The van der Waals surface area contributed by atoms with Crippen LogP contribution >= 0.6 is 0 Å². The molecule has 0 atom stereocenters. The highest BCUT2D eigenvalue weighted by Gasteiger charge is 2.03. The average Bonchev–Trinajstić information content (AvgIpc) is 2.89. The van der Waals surface area contributed by atoms with E-state index in [0.29, 0.717) is 13.1 Å². The van der Waals surface area contributed by atoms with E-state index < -0.39 is 12.1 Å². The van der Waals surface area contributed by atoms with Gasteiger partial charge < -0.3 is 11.5 Å². The molecule has 0 fully saturated rings. The van der Waals surface area contributed by atoms with Crippen LogP contribution in [-0.2, 0) is 0 Å². The Morgan fingerprint density at radius 3 is 0.579 bits per heavy atom. The second-order valence-corrected chi connectivity index (χ2v) is 11.3. The van der Waals surface area contributed by atoms with E-state index >= 15 is 0 Å². The van der Waals surface area contributed by atoms with Crippen LogP contribution in [0.2, 0.25) is 0 Å². The molecule has 0 radical (unpaired) electrons. The Morgan fingerprint density at radius 1 is 0.316 bits per heavy atom. The Bertz CT molecular complexity index is 489. The summed E-state index contributed by atoms with van der Waals surface area (Å²) in [5.74, 6) is 11.0. The molecule has 0 bridgehead atoms. The number of hydrazine groups is 2. The summed E-state index contributed by atoms with van der Waals surface area (Å²) in [5, 5.41) is 2.21. The molecule has 38 heavy (non-hydrogen) atoms. The quantitative estimate of drug-likeness (QED) is 0.0334. The van der Waals surface area contributed by atoms with Gasteiger partial charge in [-0.25, -0.2) is 21.3 Å². The Balaban J connectivity index is 3.10. The third-order valence-corrected chi connectivity index (χ3v) is 7.61. The molecule has 0 heterocycles. The SMILES string of the molecule is NC(=O)N(N)CCCCCCCCCCCCCCCCCCCCCCCCCCCCN(N)C(N)=O. The number of hydrogen-bond acceptors (Lipinski definition) is 4. The topological polar surface area (TPSA) is 145 Å². The normalized spacial score (nSPS) is 11.1. The van der Waals surface area contributed by atoms with E-state index in [0.717, 1.165) is 35.7 Å². The summed E-state index contributed by atoms with van der Waals surface area (Å²) < 4.78 is 0. The fourth-order valence-corrected chi connectivity index (χ4v) is 5.03. The summed E-state index contributed by atoms with van der Waals surface area (Å²) in [6, 6.07) is -1.08. The number of amides is 4. The van der Waals surface area contributed by atoms with Gasteiger partial charge in [-0.15, -0.1) is 0 Å². The summed E-state index contributed by atoms with van der Waals surface area (Å²) in [5.41, 5.74) is 10.2. The van der Waals surface area contributed by atoms with Crippen LogP contribution in [0.15, 0.2) is 0 Å². The zero-order valence-electron chi connectivity index (χ0n) is 24.8. The summed E-state index contributed by atoms with van der Waals surface area (Å²) in [7, 11) is 0. The third-order valence-electron chi connectivity index (χ3n) is 7.61. The lowest BCUT2D eigenvalue weighted by atomic mass is 10.0. The second kappa shape index (κ2) is 28.5. The molecular formula is C30H64N6O2. The van der Waals surface area contributed by atoms with Gasteiger partial charge in [-0.05, 0) is 12.8 Å². The first-order valence-corrected chi connectivity index (χ1v) is 16.1. The number of primary amides is 2. The number of rotatable bonds is 29. The number of nitrogens with two attached hydrogens (primary N) is 4. The summed E-state index contributed by atoms with van der Waals surface area (Å²) in [4.78, 5) is 21.6. The van der Waals surface area contributed by atoms with Gasteiger partial charge in [0, 0.05) is 13.1 Å². The standard InChI is InChI=1S/C30H64N6O2/c31-29(37)35(33)27-25-23-21-19-17-15-13-11-9-7-5-3-1-2-4-6-8-10-12-14-16-18-20-22-24-26-28-36(34)30(32)38/h1-28,33-34H2,(H2,31,37)(H2,32,38). The summed E-state index contributed by atoms with van der Waals surface area (Å²) in [6.45, 7) is 1.13. The number of nitrogens with zero attached hydrogens (tertiary/aromatic N) is 2. The minimum Gasteiger partial charge on any atom is -0.350 e. The molecule has 0 aliphatic carbocycles. The van der Waals surface area contributed by atoms with Gasteiger partial charge in [0.2, 0.25) is 0 Å². The smallest absolute Gasteiger partial charge is 0.328 e. The number of carbonyl (C=O) groups excluding carboxylic acids is 2. The highest BCUT2D eigenvalue weighted by molar-refractivity contribution is 5.71. The number of carbonyl (C=O) groups is 2. The van der Waals surface area contributed by atoms with Gasteiger partial charge in [0.15, 0.2) is 0 Å². The van der Waals surface area contributed by atoms with E-state index in [1.165, 1.54) is 141 Å². The highest BCUT2D eigenvalue weighted by atomic mass is 16.2. The predicted molar refractivity (Wildman–Crippen MR) is 161 cm³/mol. The predicted octanol–water partition coefficient (Wildman–Crippen LogP) is 7.64. The minimum atomic E-state index is -0.542. The minimum absolute atomic E-state index is 0.542. The van der Waals surface area contributed by atoms with E-state index in [4.69, 9.17) is 23.2 Å². The fraction of sp³-hybridized carbons (Fsp3) is 0.933. The van der Waals surface area contributed by atoms with E-state index in [9.17, 15) is 9.59 Å². The van der Waals surface area contributed by atoms with Crippen molar-refractivity contribution < 1.29 is 9.59 Å². The lowest BCUT2D eigenvalue weighted by Crippen LogP contribution is -2.41. The monoisotopic (exact) mass is 541 g/mol. The van der Waals surface area contributed by atoms with Crippen molar-refractivity contribution in [3.8, 4) is 0 Å². The Labute approximate surface area is 234 Å². The average molecular weight is 541 g/mol. The molecule has 0 aromatic carbocycles. The molecule has 0 saturated carbocycles. The molecule has 8 nitrogen and oxygen atoms in total. The molecule has 8 heteroatoms. The van der Waals surface area contributed by atoms with Crippen molar-refractivity contribution in [1.82, 2.24) is 10.0 Å². The fourth-order valence-electron chi connectivity index (χ4n) is 5.03. The second-order valence-electron chi connectivity index (χ2n) is 11.3. The molecule has 0 aliphatic rings. The Morgan fingerprint density at radius 2 is 0.447 bits per heavy atom. The molecule has 0 aliphatic heterocycles. The number of hydrogen-bond donors (Lipinski definition) is 4. The van der Waals surface area contributed by atoms with Crippen LogP contribution in [0.3, 0.4) is 0 Å². The van der Waals surface area contributed by atoms with E-state index in [2.05, 4.69) is 0 Å². The number of unbranched alkanes of at least 4 members (excludes halogenated alkanes) is 25. The van der Waals surface area contributed by atoms with Crippen molar-refractivity contribution in [2.24, 2.45) is 23.2 Å². The van der Waals surface area contributed by atoms with Crippen LogP contribution in [-0.4, -0.2) is 35.2 Å². The molecule has 0 aromatic heterocycles. The molecule has 0 rings (SSSR count). The molecular weight excluding hydrogens is 476 g/mol.